The molecular weight excluding hydrogens is 475 g/mol. The van der Waals surface area contributed by atoms with E-state index in [0.717, 1.165) is 11.8 Å². The molecule has 0 fully saturated rings. The van der Waals surface area contributed by atoms with Crippen LogP contribution in [0.4, 0.5) is 15.8 Å². The molecule has 2 amide bonds. The van der Waals surface area contributed by atoms with Gasteiger partial charge in [-0.3, -0.25) is 19.7 Å². The number of halogens is 2. The monoisotopic (exact) mass is 492 g/mol. The molecule has 0 saturated carbocycles. The minimum Gasteiger partial charge on any atom is -0.342 e. The second kappa shape index (κ2) is 10.4. The summed E-state index contributed by atoms with van der Waals surface area (Å²) in [6.45, 7) is 1.67. The Balaban J connectivity index is 1.61. The SMILES string of the molecule is CC(NC(=O)c1ccccc1F)c1nnc(SCC(=O)Nc2cc([N+](=O)[O-])ccc2Cl)n1C. The minimum atomic E-state index is -0.633. The molecule has 3 aromatic rings. The van der Waals surface area contributed by atoms with Gasteiger partial charge in [0.25, 0.3) is 11.6 Å². The molecule has 10 nitrogen and oxygen atoms in total. The maximum atomic E-state index is 13.8. The van der Waals surface area contributed by atoms with E-state index in [1.807, 2.05) is 0 Å². The van der Waals surface area contributed by atoms with Gasteiger partial charge in [-0.15, -0.1) is 10.2 Å². The van der Waals surface area contributed by atoms with Gasteiger partial charge in [-0.05, 0) is 25.1 Å². The Morgan fingerprint density at radius 1 is 1.27 bits per heavy atom. The number of carbonyl (C=O) groups is 2. The number of nitro benzene ring substituents is 1. The highest BCUT2D eigenvalue weighted by atomic mass is 35.5. The Labute approximate surface area is 196 Å². The van der Waals surface area contributed by atoms with Crippen LogP contribution in [0.5, 0.6) is 0 Å². The summed E-state index contributed by atoms with van der Waals surface area (Å²) in [5.74, 6) is -1.34. The first-order chi connectivity index (χ1) is 15.7. The molecule has 1 unspecified atom stereocenters. The third-order valence-electron chi connectivity index (χ3n) is 4.49. The summed E-state index contributed by atoms with van der Waals surface area (Å²) < 4.78 is 15.4. The fourth-order valence-corrected chi connectivity index (χ4v) is 3.74. The van der Waals surface area contributed by atoms with E-state index in [0.29, 0.717) is 11.0 Å². The fraction of sp³-hybridized carbons (Fsp3) is 0.200. The van der Waals surface area contributed by atoms with Gasteiger partial charge in [-0.25, -0.2) is 4.39 Å². The first-order valence-corrected chi connectivity index (χ1v) is 10.8. The van der Waals surface area contributed by atoms with Crippen LogP contribution in [0.25, 0.3) is 0 Å². The first kappa shape index (κ1) is 24.1. The summed E-state index contributed by atoms with van der Waals surface area (Å²) in [4.78, 5) is 34.9. The lowest BCUT2D eigenvalue weighted by Gasteiger charge is -2.14. The van der Waals surface area contributed by atoms with Crippen LogP contribution in [0.1, 0.15) is 29.1 Å². The Hall–Kier alpha value is -3.51. The number of anilines is 1. The molecule has 0 aliphatic carbocycles. The van der Waals surface area contributed by atoms with Crippen LogP contribution < -0.4 is 10.6 Å². The Kier molecular flexibility index (Phi) is 7.61. The Morgan fingerprint density at radius 2 is 2.00 bits per heavy atom. The predicted molar refractivity (Wildman–Crippen MR) is 121 cm³/mol. The number of rotatable bonds is 8. The van der Waals surface area contributed by atoms with E-state index in [9.17, 15) is 24.1 Å². The van der Waals surface area contributed by atoms with Crippen LogP contribution in [0, 0.1) is 15.9 Å². The van der Waals surface area contributed by atoms with Gasteiger partial charge >= 0.3 is 0 Å². The summed E-state index contributed by atoms with van der Waals surface area (Å²) in [6, 6.07) is 8.78. The van der Waals surface area contributed by atoms with Gasteiger partial charge in [-0.2, -0.15) is 0 Å². The molecule has 13 heteroatoms. The molecule has 1 atom stereocenters. The topological polar surface area (TPSA) is 132 Å². The molecule has 2 N–H and O–H groups in total. The normalized spacial score (nSPS) is 11.6. The van der Waals surface area contributed by atoms with E-state index in [-0.39, 0.29) is 27.7 Å². The zero-order valence-corrected chi connectivity index (χ0v) is 19.0. The summed E-state index contributed by atoms with van der Waals surface area (Å²) in [5.41, 5.74) is -0.163. The molecule has 0 radical (unpaired) electrons. The standard InChI is InChI=1S/C20H18ClFN6O4S/c1-11(23-19(30)13-5-3-4-6-15(13)22)18-25-26-20(27(18)2)33-10-17(29)24-16-9-12(28(31)32)7-8-14(16)21/h3-9,11H,10H2,1-2H3,(H,23,30)(H,24,29). The Morgan fingerprint density at radius 3 is 2.70 bits per heavy atom. The van der Waals surface area contributed by atoms with Gasteiger partial charge in [0, 0.05) is 19.2 Å². The fourth-order valence-electron chi connectivity index (χ4n) is 2.85. The molecule has 3 rings (SSSR count). The van der Waals surface area contributed by atoms with Crippen molar-refractivity contribution in [2.75, 3.05) is 11.1 Å². The quantitative estimate of drug-likeness (QED) is 0.278. The average molecular weight is 493 g/mol. The van der Waals surface area contributed by atoms with Crippen molar-refractivity contribution in [3.8, 4) is 0 Å². The Bertz CT molecular complexity index is 1220. The number of nitro groups is 1. The van der Waals surface area contributed by atoms with Crippen molar-refractivity contribution in [2.45, 2.75) is 18.1 Å². The van der Waals surface area contributed by atoms with E-state index in [1.54, 1.807) is 24.6 Å². The third-order valence-corrected chi connectivity index (χ3v) is 5.84. The highest BCUT2D eigenvalue weighted by Gasteiger charge is 2.20. The maximum Gasteiger partial charge on any atom is 0.271 e. The van der Waals surface area contributed by atoms with Crippen LogP contribution in [-0.4, -0.2) is 37.3 Å². The molecule has 0 aliphatic heterocycles. The largest absolute Gasteiger partial charge is 0.342 e. The van der Waals surface area contributed by atoms with Gasteiger partial charge in [0.1, 0.15) is 5.82 Å². The number of amides is 2. The van der Waals surface area contributed by atoms with E-state index < -0.39 is 28.6 Å². The number of hydrogen-bond donors (Lipinski definition) is 2. The van der Waals surface area contributed by atoms with Gasteiger partial charge in [0.05, 0.1) is 33.0 Å². The van der Waals surface area contributed by atoms with Crippen LogP contribution >= 0.6 is 23.4 Å². The number of hydrogen-bond acceptors (Lipinski definition) is 7. The summed E-state index contributed by atoms with van der Waals surface area (Å²) in [7, 11) is 1.67. The molecular formula is C20H18ClFN6O4S. The molecule has 0 spiro atoms. The maximum absolute atomic E-state index is 13.8. The lowest BCUT2D eigenvalue weighted by atomic mass is 10.2. The number of carbonyl (C=O) groups excluding carboxylic acids is 2. The van der Waals surface area contributed by atoms with E-state index in [1.165, 1.54) is 36.4 Å². The first-order valence-electron chi connectivity index (χ1n) is 9.48. The number of thioether (sulfide) groups is 1. The van der Waals surface area contributed by atoms with Crippen molar-refractivity contribution in [1.82, 2.24) is 20.1 Å². The number of nitrogens with zero attached hydrogens (tertiary/aromatic N) is 4. The molecule has 2 aromatic carbocycles. The molecule has 0 saturated heterocycles. The lowest BCUT2D eigenvalue weighted by Crippen LogP contribution is -2.29. The summed E-state index contributed by atoms with van der Waals surface area (Å²) in [6.07, 6.45) is 0. The van der Waals surface area contributed by atoms with E-state index in [4.69, 9.17) is 11.6 Å². The van der Waals surface area contributed by atoms with Gasteiger partial charge in [0.15, 0.2) is 11.0 Å². The van der Waals surface area contributed by atoms with Crippen molar-refractivity contribution in [2.24, 2.45) is 7.05 Å². The second-order valence-electron chi connectivity index (χ2n) is 6.83. The van der Waals surface area contributed by atoms with Gasteiger partial charge < -0.3 is 15.2 Å². The summed E-state index contributed by atoms with van der Waals surface area (Å²) in [5, 5.41) is 24.7. The summed E-state index contributed by atoms with van der Waals surface area (Å²) >= 11 is 7.07. The molecule has 1 aromatic heterocycles. The molecule has 0 aliphatic rings. The number of non-ortho nitro benzene ring substituents is 1. The van der Waals surface area contributed by atoms with Crippen LogP contribution in [-0.2, 0) is 11.8 Å². The lowest BCUT2D eigenvalue weighted by molar-refractivity contribution is -0.384. The zero-order valence-electron chi connectivity index (χ0n) is 17.4. The van der Waals surface area contributed by atoms with E-state index >= 15 is 0 Å². The van der Waals surface area contributed by atoms with Crippen LogP contribution in [0.2, 0.25) is 5.02 Å². The van der Waals surface area contributed by atoms with Crippen LogP contribution in [0.15, 0.2) is 47.6 Å². The van der Waals surface area contributed by atoms with Crippen molar-refractivity contribution in [3.63, 3.8) is 0 Å². The molecule has 0 bridgehead atoms. The zero-order chi connectivity index (χ0) is 24.1. The second-order valence-corrected chi connectivity index (χ2v) is 8.18. The van der Waals surface area contributed by atoms with Crippen LogP contribution in [0.3, 0.4) is 0 Å². The highest BCUT2D eigenvalue weighted by Crippen LogP contribution is 2.27. The number of aromatic nitrogens is 3. The average Bonchev–Trinajstić information content (AvgIpc) is 3.14. The van der Waals surface area contributed by atoms with Crippen molar-refractivity contribution in [1.29, 1.82) is 0 Å². The number of benzene rings is 2. The van der Waals surface area contributed by atoms with E-state index in [2.05, 4.69) is 20.8 Å². The van der Waals surface area contributed by atoms with Crippen molar-refractivity contribution in [3.05, 3.63) is 74.8 Å². The molecule has 33 heavy (non-hydrogen) atoms. The smallest absolute Gasteiger partial charge is 0.271 e. The minimum absolute atomic E-state index is 0.0685. The van der Waals surface area contributed by atoms with Gasteiger partial charge in [0.2, 0.25) is 5.91 Å². The van der Waals surface area contributed by atoms with Crippen molar-refractivity contribution < 1.29 is 18.9 Å². The third kappa shape index (κ3) is 5.84. The molecule has 172 valence electrons. The van der Waals surface area contributed by atoms with Crippen molar-refractivity contribution >= 4 is 46.6 Å². The van der Waals surface area contributed by atoms with Gasteiger partial charge in [-0.1, -0.05) is 35.5 Å². The highest BCUT2D eigenvalue weighted by molar-refractivity contribution is 7.99. The predicted octanol–water partition coefficient (Wildman–Crippen LogP) is 3.74. The molecule has 1 heterocycles. The number of nitrogens with one attached hydrogen (secondary N) is 2.